The van der Waals surface area contributed by atoms with Crippen molar-refractivity contribution in [3.05, 3.63) is 35.9 Å². The maximum absolute atomic E-state index is 14.4. The Labute approximate surface area is 507 Å². The molecule has 1 aromatic rings. The molecular weight excluding hydrogens is 1130 g/mol. The number of nitrogens with zero attached hydrogens (tertiary/aromatic N) is 1. The molecule has 87 heavy (non-hydrogen) atoms. The van der Waals surface area contributed by atoms with E-state index in [1.807, 2.05) is 0 Å². The highest BCUT2D eigenvalue weighted by Crippen LogP contribution is 2.18. The number of amides is 11. The number of carbonyl (C=O) groups is 12. The number of rotatable bonds is 31. The van der Waals surface area contributed by atoms with Gasteiger partial charge < -0.3 is 90.6 Å². The van der Waals surface area contributed by atoms with Crippen molar-refractivity contribution >= 4 is 76.9 Å². The molecule has 19 N–H and O–H groups in total. The largest absolute Gasteiger partial charge is 0.458 e. The van der Waals surface area contributed by atoms with E-state index in [1.54, 1.807) is 85.7 Å². The Hall–Kier alpha value is -7.99. The highest BCUT2D eigenvalue weighted by Gasteiger charge is 2.41. The molecular formula is C57H93N15O15. The molecule has 1 saturated heterocycles. The fraction of sp³-hybridized carbons (Fsp3) is 0.667. The smallest absolute Gasteiger partial charge is 0.329 e. The average Bonchev–Trinajstić information content (AvgIpc) is 3.52. The second-order valence-electron chi connectivity index (χ2n) is 22.6. The van der Waals surface area contributed by atoms with E-state index in [-0.39, 0.29) is 38.2 Å². The molecule has 0 aromatic heterocycles. The normalized spacial score (nSPS) is 22.8. The van der Waals surface area contributed by atoms with Crippen molar-refractivity contribution in [1.82, 2.24) is 58.5 Å². The quantitative estimate of drug-likeness (QED) is 0.0312. The molecule has 11 amide bonds. The van der Waals surface area contributed by atoms with Gasteiger partial charge in [0.25, 0.3) is 0 Å². The minimum atomic E-state index is -1.83. The third kappa shape index (κ3) is 22.3. The van der Waals surface area contributed by atoms with Crippen LogP contribution >= 0.6 is 0 Å². The van der Waals surface area contributed by atoms with Crippen LogP contribution in [0.5, 0.6) is 0 Å². The molecule has 2 heterocycles. The fourth-order valence-electron chi connectivity index (χ4n) is 9.28. The average molecular weight is 1230 g/mol. The summed E-state index contributed by atoms with van der Waals surface area (Å²) in [5, 5.41) is 49.1. The van der Waals surface area contributed by atoms with Crippen LogP contribution in [0.25, 0.3) is 0 Å². The van der Waals surface area contributed by atoms with E-state index >= 15 is 0 Å². The summed E-state index contributed by atoms with van der Waals surface area (Å²) in [5.74, 6) is -13.3. The Bertz CT molecular complexity index is 2600. The molecule has 0 aliphatic carbocycles. The number of aliphatic hydroxyl groups excluding tert-OH is 2. The summed E-state index contributed by atoms with van der Waals surface area (Å²) >= 11 is 0. The van der Waals surface area contributed by atoms with Crippen molar-refractivity contribution in [2.75, 3.05) is 19.8 Å². The summed E-state index contributed by atoms with van der Waals surface area (Å²) < 4.78 is 5.72. The number of ether oxygens (including phenoxy) is 1. The highest BCUT2D eigenvalue weighted by atomic mass is 16.5. The number of esters is 1. The van der Waals surface area contributed by atoms with Gasteiger partial charge in [-0.25, -0.2) is 4.79 Å². The Kier molecular flexibility index (Phi) is 30.0. The monoisotopic (exact) mass is 1230 g/mol. The number of nitrogens with two attached hydrogens (primary N) is 3. The number of aliphatic hydroxyl groups is 2. The van der Waals surface area contributed by atoms with Crippen LogP contribution in [0.4, 0.5) is 0 Å². The SMILES string of the molecule is CC[C@H](C)[C@H](NC(=O)[C@H](N)Cc1ccccc1)C(=O)N[C@@H](CO)C(=O)N[C@H](CCC(N)=O)C(=O)N[C@@H](C(=O)N[C@H](C(=O)N[C@@H](CO)C(=O)N[C@H]1C(=O)N[C@@H](C)C(=O)N[C@@H](C[C@H]2CN=C(N)N2)C(=O)N[C@@H]([C@@H](C)CC)C(=O)O[C@H]1C)[C@@H](C)CC)[C@@H](C)CC. The Balaban J connectivity index is 1.84. The van der Waals surface area contributed by atoms with Crippen molar-refractivity contribution < 1.29 is 72.5 Å². The molecule has 17 atom stereocenters. The van der Waals surface area contributed by atoms with Gasteiger partial charge in [0.2, 0.25) is 65.0 Å². The first-order valence-corrected chi connectivity index (χ1v) is 29.6. The lowest BCUT2D eigenvalue weighted by atomic mass is 9.94. The van der Waals surface area contributed by atoms with E-state index in [1.165, 1.54) is 13.8 Å². The first-order chi connectivity index (χ1) is 41.0. The molecule has 1 fully saturated rings. The Morgan fingerprint density at radius 2 is 1.13 bits per heavy atom. The topological polar surface area (TPSA) is 477 Å². The number of hydrogen-bond acceptors (Lipinski definition) is 19. The first-order valence-electron chi connectivity index (χ1n) is 29.6. The van der Waals surface area contributed by atoms with Crippen LogP contribution in [-0.2, 0) is 68.7 Å². The molecule has 30 nitrogen and oxygen atoms in total. The number of guanidine groups is 1. The van der Waals surface area contributed by atoms with Gasteiger partial charge in [0.05, 0.1) is 31.8 Å². The summed E-state index contributed by atoms with van der Waals surface area (Å²) in [6, 6.07) is -7.46. The lowest BCUT2D eigenvalue weighted by Crippen LogP contribution is -2.63. The molecule has 0 unspecified atom stereocenters. The van der Waals surface area contributed by atoms with Crippen molar-refractivity contribution in [3.63, 3.8) is 0 Å². The van der Waals surface area contributed by atoms with E-state index < -0.39 is 199 Å². The van der Waals surface area contributed by atoms with Gasteiger partial charge >= 0.3 is 5.97 Å². The standard InChI is InChI=1S/C57H93N15O15/c1-11-27(5)41(68-47(77)35(58)22-33-18-16-15-17-19-33)52(82)66-38(25-73)50(80)64-36(20-21-40(59)75)48(78)69-43(29(7)13-3)54(84)70-42(28(6)12-2)53(83)67-39(26-74)51(81)72-45-32(10)87-56(86)44(30(8)14-4)71-49(79)37(23-34-24-61-57(60)63-34)65-46(76)31(9)62-55(45)85/h15-19,27-32,34-39,41-45,73-74H,11-14,20-26,58H2,1-10H3,(H2,59,75)(H,62,85)(H,64,80)(H,65,76)(H,66,82)(H,67,83)(H,68,77)(H,69,78)(H,70,84)(H,71,79)(H,72,81)(H3,60,61,63)/t27-,28-,29-,30-,31-,32-,34-,35+,36+,37-,38-,39-,41-,42-,43+,44-,45+/m0/s1. The zero-order chi connectivity index (χ0) is 65.4. The van der Waals surface area contributed by atoms with Crippen molar-refractivity contribution in [1.29, 1.82) is 0 Å². The summed E-state index contributed by atoms with van der Waals surface area (Å²) in [5.41, 5.74) is 18.2. The van der Waals surface area contributed by atoms with Crippen molar-refractivity contribution in [2.45, 2.75) is 199 Å². The van der Waals surface area contributed by atoms with Crippen LogP contribution in [-0.4, -0.2) is 185 Å². The minimum Gasteiger partial charge on any atom is -0.458 e. The summed E-state index contributed by atoms with van der Waals surface area (Å²) in [4.78, 5) is 169. The molecule has 30 heteroatoms. The molecule has 0 spiro atoms. The van der Waals surface area contributed by atoms with Gasteiger partial charge in [-0.2, -0.15) is 0 Å². The van der Waals surface area contributed by atoms with E-state index in [2.05, 4.69) is 63.5 Å². The van der Waals surface area contributed by atoms with E-state index in [0.717, 1.165) is 5.56 Å². The van der Waals surface area contributed by atoms with Gasteiger partial charge in [-0.15, -0.1) is 0 Å². The second kappa shape index (κ2) is 35.6. The molecule has 486 valence electrons. The molecule has 3 rings (SSSR count). The van der Waals surface area contributed by atoms with E-state index in [4.69, 9.17) is 21.9 Å². The number of nitrogens with one attached hydrogen (secondary N) is 11. The number of hydrogen-bond donors (Lipinski definition) is 16. The maximum atomic E-state index is 14.4. The van der Waals surface area contributed by atoms with Gasteiger partial charge in [0.1, 0.15) is 66.5 Å². The van der Waals surface area contributed by atoms with Gasteiger partial charge in [-0.3, -0.25) is 57.7 Å². The number of benzene rings is 1. The van der Waals surface area contributed by atoms with Gasteiger partial charge in [-0.1, -0.05) is 111 Å². The van der Waals surface area contributed by atoms with Crippen LogP contribution in [0.15, 0.2) is 35.3 Å². The Morgan fingerprint density at radius 1 is 0.632 bits per heavy atom. The summed E-state index contributed by atoms with van der Waals surface area (Å²) in [6.45, 7) is 14.2. The lowest BCUT2D eigenvalue weighted by molar-refractivity contribution is -0.157. The zero-order valence-electron chi connectivity index (χ0n) is 51.4. The third-order valence-electron chi connectivity index (χ3n) is 15.8. The van der Waals surface area contributed by atoms with E-state index in [0.29, 0.717) is 12.8 Å². The third-order valence-corrected chi connectivity index (χ3v) is 15.8. The van der Waals surface area contributed by atoms with Crippen molar-refractivity contribution in [3.8, 4) is 0 Å². The molecule has 0 saturated carbocycles. The minimum absolute atomic E-state index is 0.0115. The zero-order valence-corrected chi connectivity index (χ0v) is 51.4. The van der Waals surface area contributed by atoms with E-state index in [9.17, 15) is 67.7 Å². The number of cyclic esters (lactones) is 1. The molecule has 0 radical (unpaired) electrons. The molecule has 2 aliphatic rings. The maximum Gasteiger partial charge on any atom is 0.329 e. The van der Waals surface area contributed by atoms with Crippen molar-refractivity contribution in [2.24, 2.45) is 45.9 Å². The molecule has 1 aromatic carbocycles. The first kappa shape index (κ1) is 73.3. The molecule has 0 bridgehead atoms. The highest BCUT2D eigenvalue weighted by molar-refractivity contribution is 5.99. The summed E-state index contributed by atoms with van der Waals surface area (Å²) in [7, 11) is 0. The van der Waals surface area contributed by atoms with Crippen LogP contribution in [0.3, 0.4) is 0 Å². The molecule has 2 aliphatic heterocycles. The predicted molar refractivity (Wildman–Crippen MR) is 317 cm³/mol. The van der Waals surface area contributed by atoms with Crippen LogP contribution in [0.2, 0.25) is 0 Å². The van der Waals surface area contributed by atoms with Gasteiger partial charge in [0, 0.05) is 6.42 Å². The van der Waals surface area contributed by atoms with Gasteiger partial charge in [0.15, 0.2) is 5.96 Å². The Morgan fingerprint density at radius 3 is 1.62 bits per heavy atom. The lowest BCUT2D eigenvalue weighted by Gasteiger charge is -2.31. The fourth-order valence-corrected chi connectivity index (χ4v) is 9.28. The van der Waals surface area contributed by atoms with Crippen LogP contribution < -0.4 is 75.7 Å². The number of aliphatic imine (C=N–C) groups is 1. The van der Waals surface area contributed by atoms with Crippen LogP contribution in [0, 0.1) is 23.7 Å². The second-order valence-corrected chi connectivity index (χ2v) is 22.6. The number of carbonyl (C=O) groups excluding carboxylic acids is 12. The van der Waals surface area contributed by atoms with Crippen LogP contribution in [0.1, 0.15) is 120 Å². The predicted octanol–water partition coefficient (Wildman–Crippen LogP) is -4.52. The van der Waals surface area contributed by atoms with Gasteiger partial charge in [-0.05, 0) is 62.3 Å². The summed E-state index contributed by atoms with van der Waals surface area (Å²) in [6.07, 6.45) is -0.938. The number of primary amides is 1.